The number of pyridine rings is 1. The van der Waals surface area contributed by atoms with E-state index < -0.39 is 6.10 Å². The van der Waals surface area contributed by atoms with Gasteiger partial charge in [0.05, 0.1) is 23.4 Å². The smallest absolute Gasteiger partial charge is 0.258 e. The number of anilines is 1. The number of benzene rings is 2. The lowest BCUT2D eigenvalue weighted by molar-refractivity contribution is 0.0734. The molecule has 0 bridgehead atoms. The number of nitrogens with zero attached hydrogens (tertiary/aromatic N) is 5. The van der Waals surface area contributed by atoms with E-state index in [0.717, 1.165) is 34.6 Å². The van der Waals surface area contributed by atoms with Gasteiger partial charge in [-0.1, -0.05) is 55.5 Å². The molecule has 4 aromatic rings. The minimum Gasteiger partial charge on any atom is -0.391 e. The molecule has 0 spiro atoms. The van der Waals surface area contributed by atoms with Crippen LogP contribution in [0.3, 0.4) is 0 Å². The van der Waals surface area contributed by atoms with E-state index >= 15 is 0 Å². The first-order valence-electron chi connectivity index (χ1n) is 12.9. The maximum Gasteiger partial charge on any atom is 0.258 e. The molecule has 7 heteroatoms. The Labute approximate surface area is 217 Å². The molecule has 2 aliphatic rings. The summed E-state index contributed by atoms with van der Waals surface area (Å²) < 4.78 is 1.82. The second-order valence-corrected chi connectivity index (χ2v) is 10.0. The third-order valence-electron chi connectivity index (χ3n) is 7.55. The fourth-order valence-electron chi connectivity index (χ4n) is 5.57. The van der Waals surface area contributed by atoms with Gasteiger partial charge in [-0.3, -0.25) is 4.79 Å². The van der Waals surface area contributed by atoms with Crippen molar-refractivity contribution in [2.45, 2.75) is 45.4 Å². The molecule has 0 saturated carbocycles. The van der Waals surface area contributed by atoms with Crippen LogP contribution in [0.4, 0.5) is 5.82 Å². The Kier molecular flexibility index (Phi) is 6.00. The van der Waals surface area contributed by atoms with Crippen molar-refractivity contribution in [1.29, 1.82) is 0 Å². The van der Waals surface area contributed by atoms with Gasteiger partial charge in [-0.15, -0.1) is 0 Å². The topological polar surface area (TPSA) is 74.5 Å². The normalized spacial score (nSPS) is 18.9. The molecule has 2 aromatic heterocycles. The molecule has 0 unspecified atom stereocenters. The van der Waals surface area contributed by atoms with Gasteiger partial charge < -0.3 is 14.9 Å². The van der Waals surface area contributed by atoms with Crippen molar-refractivity contribution >= 4 is 11.7 Å². The number of aliphatic hydroxyl groups is 1. The first kappa shape index (κ1) is 23.4. The lowest BCUT2D eigenvalue weighted by Gasteiger charge is -2.26. The lowest BCUT2D eigenvalue weighted by atomic mass is 10.0. The van der Waals surface area contributed by atoms with Crippen LogP contribution < -0.4 is 4.90 Å². The standard InChI is InChI=1S/C30H31N5O2/c1-3-21-10-12-22(13-11-21)28-26(19-35(32-28)27-9-5-4-7-20(27)2)30(37)33-16-23-8-6-14-31-29(23)34-18-25(36)15-24(34)17-33/h4-14,19,24-25,36H,3,15-18H2,1-2H3/t24-,25-/m1/s1. The van der Waals surface area contributed by atoms with Crippen LogP contribution in [0.2, 0.25) is 0 Å². The van der Waals surface area contributed by atoms with Crippen molar-refractivity contribution in [3.63, 3.8) is 0 Å². The third kappa shape index (κ3) is 4.29. The second kappa shape index (κ2) is 9.48. The van der Waals surface area contributed by atoms with Gasteiger partial charge in [-0.2, -0.15) is 5.10 Å². The highest BCUT2D eigenvalue weighted by molar-refractivity contribution is 6.00. The van der Waals surface area contributed by atoms with Crippen molar-refractivity contribution in [1.82, 2.24) is 19.7 Å². The van der Waals surface area contributed by atoms with Gasteiger partial charge in [0.2, 0.25) is 0 Å². The minimum absolute atomic E-state index is 0.0220. The van der Waals surface area contributed by atoms with Gasteiger partial charge in [0.25, 0.3) is 5.91 Å². The predicted octanol–water partition coefficient (Wildman–Crippen LogP) is 4.40. The molecule has 4 heterocycles. The Balaban J connectivity index is 1.43. The number of carbonyl (C=O) groups excluding carboxylic acids is 1. The van der Waals surface area contributed by atoms with E-state index in [1.54, 1.807) is 6.20 Å². The van der Waals surface area contributed by atoms with Crippen LogP contribution in [0.5, 0.6) is 0 Å². The van der Waals surface area contributed by atoms with Crippen LogP contribution in [0, 0.1) is 6.92 Å². The number of aliphatic hydroxyl groups excluding tert-OH is 1. The van der Waals surface area contributed by atoms with Gasteiger partial charge in [0.15, 0.2) is 0 Å². The van der Waals surface area contributed by atoms with Gasteiger partial charge in [-0.25, -0.2) is 9.67 Å². The fraction of sp³-hybridized carbons (Fsp3) is 0.300. The molecular weight excluding hydrogens is 462 g/mol. The van der Waals surface area contributed by atoms with Crippen molar-refractivity contribution in [3.8, 4) is 16.9 Å². The molecule has 1 amide bonds. The Morgan fingerprint density at radius 1 is 1.05 bits per heavy atom. The largest absolute Gasteiger partial charge is 0.391 e. The van der Waals surface area contributed by atoms with Gasteiger partial charge >= 0.3 is 0 Å². The molecule has 0 radical (unpaired) electrons. The third-order valence-corrected chi connectivity index (χ3v) is 7.55. The summed E-state index contributed by atoms with van der Waals surface area (Å²) in [6.07, 6.45) is 4.79. The van der Waals surface area contributed by atoms with Crippen molar-refractivity contribution in [2.75, 3.05) is 18.0 Å². The van der Waals surface area contributed by atoms with E-state index in [9.17, 15) is 9.90 Å². The Bertz CT molecular complexity index is 1440. The molecule has 188 valence electrons. The number of fused-ring (bicyclic) bond motifs is 3. The van der Waals surface area contributed by atoms with Crippen LogP contribution in [0.1, 0.15) is 40.4 Å². The highest BCUT2D eigenvalue weighted by Gasteiger charge is 2.38. The highest BCUT2D eigenvalue weighted by Crippen LogP contribution is 2.33. The van der Waals surface area contributed by atoms with Crippen LogP contribution in [-0.2, 0) is 13.0 Å². The summed E-state index contributed by atoms with van der Waals surface area (Å²) in [4.78, 5) is 22.9. The summed E-state index contributed by atoms with van der Waals surface area (Å²) in [5.41, 5.74) is 6.44. The summed E-state index contributed by atoms with van der Waals surface area (Å²) in [6.45, 7) is 5.71. The van der Waals surface area contributed by atoms with E-state index in [1.807, 2.05) is 59.1 Å². The Morgan fingerprint density at radius 2 is 1.86 bits per heavy atom. The van der Waals surface area contributed by atoms with Crippen LogP contribution in [-0.4, -0.2) is 55.9 Å². The molecule has 1 saturated heterocycles. The summed E-state index contributed by atoms with van der Waals surface area (Å²) in [7, 11) is 0. The number of hydrogen-bond acceptors (Lipinski definition) is 5. The number of para-hydroxylation sites is 1. The fourth-order valence-corrected chi connectivity index (χ4v) is 5.57. The molecule has 1 N–H and O–H groups in total. The van der Waals surface area contributed by atoms with Crippen molar-refractivity contribution in [3.05, 3.63) is 95.3 Å². The number of amides is 1. The molecule has 1 fully saturated rings. The lowest BCUT2D eigenvalue weighted by Crippen LogP contribution is -2.40. The van der Waals surface area contributed by atoms with Crippen LogP contribution in [0.25, 0.3) is 16.9 Å². The first-order valence-corrected chi connectivity index (χ1v) is 12.9. The zero-order valence-corrected chi connectivity index (χ0v) is 21.2. The van der Waals surface area contributed by atoms with E-state index in [2.05, 4.69) is 41.1 Å². The summed E-state index contributed by atoms with van der Waals surface area (Å²) in [5.74, 6) is 0.803. The number of rotatable bonds is 4. The van der Waals surface area contributed by atoms with Crippen molar-refractivity contribution in [2.24, 2.45) is 0 Å². The molecule has 2 aromatic carbocycles. The summed E-state index contributed by atoms with van der Waals surface area (Å²) in [5, 5.41) is 15.4. The van der Waals surface area contributed by atoms with Crippen LogP contribution >= 0.6 is 0 Å². The number of hydrogen-bond donors (Lipinski definition) is 1. The Hall–Kier alpha value is -3.97. The molecule has 6 rings (SSSR count). The monoisotopic (exact) mass is 493 g/mol. The number of aromatic nitrogens is 3. The summed E-state index contributed by atoms with van der Waals surface area (Å²) in [6, 6.07) is 20.3. The molecule has 0 aliphatic carbocycles. The highest BCUT2D eigenvalue weighted by atomic mass is 16.3. The Morgan fingerprint density at radius 3 is 2.65 bits per heavy atom. The molecule has 2 atom stereocenters. The summed E-state index contributed by atoms with van der Waals surface area (Å²) >= 11 is 0. The van der Waals surface area contributed by atoms with E-state index in [1.165, 1.54) is 5.56 Å². The van der Waals surface area contributed by atoms with E-state index in [4.69, 9.17) is 5.10 Å². The van der Waals surface area contributed by atoms with Crippen molar-refractivity contribution < 1.29 is 9.90 Å². The zero-order chi connectivity index (χ0) is 25.5. The molecular formula is C30H31N5O2. The number of carbonyl (C=O) groups is 1. The average Bonchev–Trinajstić information content (AvgIpc) is 3.48. The quantitative estimate of drug-likeness (QED) is 0.456. The van der Waals surface area contributed by atoms with E-state index in [-0.39, 0.29) is 11.9 Å². The maximum absolute atomic E-state index is 14.3. The predicted molar refractivity (Wildman–Crippen MR) is 144 cm³/mol. The number of aryl methyl sites for hydroxylation is 2. The first-order chi connectivity index (χ1) is 18.0. The SMILES string of the molecule is CCc1ccc(-c2nn(-c3ccccc3C)cc2C(=O)N2Cc3cccnc3N3C[C@H](O)C[C@@H]3C2)cc1. The van der Waals surface area contributed by atoms with Crippen LogP contribution in [0.15, 0.2) is 73.1 Å². The molecule has 37 heavy (non-hydrogen) atoms. The van der Waals surface area contributed by atoms with E-state index in [0.29, 0.717) is 37.3 Å². The van der Waals surface area contributed by atoms with Gasteiger partial charge in [-0.05, 0) is 43.0 Å². The molecule has 2 aliphatic heterocycles. The van der Waals surface area contributed by atoms with Gasteiger partial charge in [0, 0.05) is 43.2 Å². The maximum atomic E-state index is 14.3. The molecule has 7 nitrogen and oxygen atoms in total. The zero-order valence-electron chi connectivity index (χ0n) is 21.2. The van der Waals surface area contributed by atoms with Gasteiger partial charge in [0.1, 0.15) is 11.5 Å². The minimum atomic E-state index is -0.425. The average molecular weight is 494 g/mol. The second-order valence-electron chi connectivity index (χ2n) is 10.0.